The minimum Gasteiger partial charge on any atom is -0.323 e. The van der Waals surface area contributed by atoms with Crippen molar-refractivity contribution in [3.63, 3.8) is 0 Å². The van der Waals surface area contributed by atoms with Crippen LogP contribution in [-0.4, -0.2) is 28.8 Å². The lowest BCUT2D eigenvalue weighted by Gasteiger charge is -2.18. The molecule has 26 heavy (non-hydrogen) atoms. The molecule has 0 bridgehead atoms. The number of aromatic nitrogens is 2. The van der Waals surface area contributed by atoms with Crippen LogP contribution < -0.4 is 10.6 Å². The lowest BCUT2D eigenvalue weighted by molar-refractivity contribution is -0.137. The Balaban J connectivity index is 0.00000243. The van der Waals surface area contributed by atoms with E-state index in [0.717, 1.165) is 5.56 Å². The number of hydrogen-bond acceptors (Lipinski definition) is 3. The largest absolute Gasteiger partial charge is 0.416 e. The van der Waals surface area contributed by atoms with Crippen LogP contribution in [-0.2, 0) is 18.0 Å². The number of aryl methyl sites for hydroxylation is 1. The number of amides is 1. The highest BCUT2D eigenvalue weighted by Gasteiger charge is 2.36. The molecule has 0 saturated carbocycles. The van der Waals surface area contributed by atoms with Crippen LogP contribution in [0, 0.1) is 11.7 Å². The van der Waals surface area contributed by atoms with Gasteiger partial charge in [0.1, 0.15) is 5.82 Å². The van der Waals surface area contributed by atoms with Gasteiger partial charge in [0, 0.05) is 32.3 Å². The van der Waals surface area contributed by atoms with Crippen molar-refractivity contribution >= 4 is 24.0 Å². The van der Waals surface area contributed by atoms with E-state index in [0.29, 0.717) is 31.3 Å². The second-order valence-corrected chi connectivity index (χ2v) is 6.00. The fraction of sp³-hybridized carbons (Fsp3) is 0.375. The molecule has 1 saturated heterocycles. The fourth-order valence-electron chi connectivity index (χ4n) is 2.96. The maximum absolute atomic E-state index is 13.8. The molecule has 1 aliphatic heterocycles. The third kappa shape index (κ3) is 4.16. The standard InChI is InChI=1S/C16H16F4N4O.ClH/c1-24-8-9(5-22-24)11-6-21-7-12(11)15(25)23-14-4-10(16(18,19)20)2-3-13(14)17;/h2-5,8,11-12,21H,6-7H2,1H3,(H,23,25);1H/t11-,12+;/m1./s1. The zero-order valence-electron chi connectivity index (χ0n) is 13.7. The van der Waals surface area contributed by atoms with E-state index in [9.17, 15) is 22.4 Å². The molecular formula is C16H17ClF4N4O. The Labute approximate surface area is 153 Å². The van der Waals surface area contributed by atoms with Gasteiger partial charge in [-0.15, -0.1) is 12.4 Å². The number of rotatable bonds is 3. The van der Waals surface area contributed by atoms with Crippen LogP contribution in [0.2, 0.25) is 0 Å². The Hall–Kier alpha value is -2.13. The van der Waals surface area contributed by atoms with Gasteiger partial charge in [-0.2, -0.15) is 18.3 Å². The van der Waals surface area contributed by atoms with Crippen molar-refractivity contribution in [1.82, 2.24) is 15.1 Å². The topological polar surface area (TPSA) is 59.0 Å². The fourth-order valence-corrected chi connectivity index (χ4v) is 2.96. The van der Waals surface area contributed by atoms with Crippen LogP contribution >= 0.6 is 12.4 Å². The van der Waals surface area contributed by atoms with Crippen LogP contribution in [0.25, 0.3) is 0 Å². The first-order chi connectivity index (χ1) is 11.8. The second kappa shape index (κ2) is 7.63. The summed E-state index contributed by atoms with van der Waals surface area (Å²) in [5.74, 6) is -2.15. The Morgan fingerprint density at radius 2 is 2.08 bits per heavy atom. The number of hydrogen-bond donors (Lipinski definition) is 2. The Morgan fingerprint density at radius 3 is 2.69 bits per heavy atom. The molecule has 1 aromatic heterocycles. The Bertz CT molecular complexity index is 793. The molecule has 142 valence electrons. The van der Waals surface area contributed by atoms with Gasteiger partial charge in [0.2, 0.25) is 5.91 Å². The molecule has 2 heterocycles. The molecule has 1 amide bonds. The van der Waals surface area contributed by atoms with Crippen molar-refractivity contribution in [2.24, 2.45) is 13.0 Å². The maximum Gasteiger partial charge on any atom is 0.416 e. The summed E-state index contributed by atoms with van der Waals surface area (Å²) in [6, 6.07) is 1.94. The van der Waals surface area contributed by atoms with Gasteiger partial charge in [0.05, 0.1) is 23.4 Å². The van der Waals surface area contributed by atoms with Crippen molar-refractivity contribution in [2.45, 2.75) is 12.1 Å². The first-order valence-electron chi connectivity index (χ1n) is 7.62. The summed E-state index contributed by atoms with van der Waals surface area (Å²) < 4.78 is 53.7. The molecule has 1 fully saturated rings. The highest BCUT2D eigenvalue weighted by molar-refractivity contribution is 5.93. The normalized spacial score (nSPS) is 19.9. The average Bonchev–Trinajstić information content (AvgIpc) is 3.16. The van der Waals surface area contributed by atoms with Crippen molar-refractivity contribution in [2.75, 3.05) is 18.4 Å². The van der Waals surface area contributed by atoms with Gasteiger partial charge in [-0.3, -0.25) is 9.48 Å². The van der Waals surface area contributed by atoms with Gasteiger partial charge in [-0.05, 0) is 23.8 Å². The molecule has 0 aliphatic carbocycles. The van der Waals surface area contributed by atoms with Crippen molar-refractivity contribution in [3.05, 3.63) is 47.5 Å². The molecule has 0 spiro atoms. The van der Waals surface area contributed by atoms with Crippen LogP contribution in [0.5, 0.6) is 0 Å². The molecule has 2 atom stereocenters. The maximum atomic E-state index is 13.8. The number of alkyl halides is 3. The molecule has 3 rings (SSSR count). The third-order valence-electron chi connectivity index (χ3n) is 4.26. The van der Waals surface area contributed by atoms with E-state index in [1.54, 1.807) is 24.1 Å². The molecule has 2 N–H and O–H groups in total. The first kappa shape index (κ1) is 20.2. The highest BCUT2D eigenvalue weighted by atomic mass is 35.5. The third-order valence-corrected chi connectivity index (χ3v) is 4.26. The number of benzene rings is 1. The highest BCUT2D eigenvalue weighted by Crippen LogP contribution is 2.33. The predicted molar refractivity (Wildman–Crippen MR) is 89.6 cm³/mol. The molecule has 10 heteroatoms. The van der Waals surface area contributed by atoms with Crippen LogP contribution in [0.15, 0.2) is 30.6 Å². The monoisotopic (exact) mass is 392 g/mol. The van der Waals surface area contributed by atoms with Crippen LogP contribution in [0.3, 0.4) is 0 Å². The van der Waals surface area contributed by atoms with Gasteiger partial charge in [0.25, 0.3) is 0 Å². The number of carbonyl (C=O) groups is 1. The van der Waals surface area contributed by atoms with E-state index in [4.69, 9.17) is 0 Å². The minimum atomic E-state index is -4.61. The van der Waals surface area contributed by atoms with Gasteiger partial charge in [-0.25, -0.2) is 4.39 Å². The summed E-state index contributed by atoms with van der Waals surface area (Å²) in [6.07, 6.45) is -1.19. The summed E-state index contributed by atoms with van der Waals surface area (Å²) in [5.41, 5.74) is -0.647. The van der Waals surface area contributed by atoms with E-state index >= 15 is 0 Å². The summed E-state index contributed by atoms with van der Waals surface area (Å²) in [4.78, 5) is 12.5. The summed E-state index contributed by atoms with van der Waals surface area (Å²) in [6.45, 7) is 0.890. The van der Waals surface area contributed by atoms with Crippen LogP contribution in [0.4, 0.5) is 23.2 Å². The van der Waals surface area contributed by atoms with Gasteiger partial charge < -0.3 is 10.6 Å². The number of anilines is 1. The zero-order chi connectivity index (χ0) is 18.2. The number of nitrogens with zero attached hydrogens (tertiary/aromatic N) is 2. The molecule has 0 radical (unpaired) electrons. The number of carbonyl (C=O) groups excluding carboxylic acids is 1. The number of halogens is 5. The van der Waals surface area contributed by atoms with Crippen molar-refractivity contribution in [1.29, 1.82) is 0 Å². The van der Waals surface area contributed by atoms with Crippen molar-refractivity contribution in [3.8, 4) is 0 Å². The molecule has 1 aliphatic rings. The Morgan fingerprint density at radius 1 is 1.35 bits per heavy atom. The van der Waals surface area contributed by atoms with Crippen LogP contribution in [0.1, 0.15) is 17.0 Å². The second-order valence-electron chi connectivity index (χ2n) is 6.00. The van der Waals surface area contributed by atoms with E-state index in [-0.39, 0.29) is 18.3 Å². The molecule has 5 nitrogen and oxygen atoms in total. The molecule has 0 unspecified atom stereocenters. The molecule has 1 aromatic carbocycles. The first-order valence-corrected chi connectivity index (χ1v) is 7.62. The van der Waals surface area contributed by atoms with Gasteiger partial charge in [0.15, 0.2) is 0 Å². The van der Waals surface area contributed by atoms with Gasteiger partial charge in [-0.1, -0.05) is 0 Å². The number of nitrogens with one attached hydrogen (secondary N) is 2. The smallest absolute Gasteiger partial charge is 0.323 e. The predicted octanol–water partition coefficient (Wildman–Crippen LogP) is 2.94. The quantitative estimate of drug-likeness (QED) is 0.790. The average molecular weight is 393 g/mol. The lowest BCUT2D eigenvalue weighted by Crippen LogP contribution is -2.28. The summed E-state index contributed by atoms with van der Waals surface area (Å²) in [7, 11) is 1.75. The van der Waals surface area contributed by atoms with E-state index < -0.39 is 35.1 Å². The lowest BCUT2D eigenvalue weighted by atomic mass is 9.90. The minimum absolute atomic E-state index is 0. The van der Waals surface area contributed by atoms with Gasteiger partial charge >= 0.3 is 6.18 Å². The Kier molecular flexibility index (Phi) is 5.92. The summed E-state index contributed by atoms with van der Waals surface area (Å²) >= 11 is 0. The van der Waals surface area contributed by atoms with Crippen molar-refractivity contribution < 1.29 is 22.4 Å². The van der Waals surface area contributed by atoms with E-state index in [1.165, 1.54) is 0 Å². The van der Waals surface area contributed by atoms with E-state index in [2.05, 4.69) is 15.7 Å². The molecule has 2 aromatic rings. The SMILES string of the molecule is Cl.Cn1cc([C@H]2CNC[C@@H]2C(=O)Nc2cc(C(F)(F)F)ccc2F)cn1. The van der Waals surface area contributed by atoms with E-state index in [1.807, 2.05) is 0 Å². The molecular weight excluding hydrogens is 376 g/mol. The summed E-state index contributed by atoms with van der Waals surface area (Å²) in [5, 5.41) is 9.43. The zero-order valence-corrected chi connectivity index (χ0v) is 14.5.